The predicted molar refractivity (Wildman–Crippen MR) is 104 cm³/mol. The molecule has 1 atom stereocenters. The molecule has 0 amide bonds. The molecule has 1 unspecified atom stereocenters. The number of hydrogen-bond acceptors (Lipinski definition) is 6. The Kier molecular flexibility index (Phi) is 8.64. The van der Waals surface area contributed by atoms with Crippen molar-refractivity contribution in [3.63, 3.8) is 0 Å². The summed E-state index contributed by atoms with van der Waals surface area (Å²) in [5.74, 6) is 2.67. The van der Waals surface area contributed by atoms with Crippen LogP contribution in [0, 0.1) is 5.92 Å². The summed E-state index contributed by atoms with van der Waals surface area (Å²) in [4.78, 5) is 2.11. The van der Waals surface area contributed by atoms with E-state index < -0.39 is 6.10 Å². The van der Waals surface area contributed by atoms with Crippen LogP contribution in [0.5, 0.6) is 11.5 Å². The van der Waals surface area contributed by atoms with E-state index in [4.69, 9.17) is 18.6 Å². The molecule has 6 heteroatoms. The molecule has 1 aromatic carbocycles. The number of nitrogens with zero attached hydrogens (tertiary/aromatic N) is 1. The van der Waals surface area contributed by atoms with Crippen LogP contribution >= 0.6 is 0 Å². The van der Waals surface area contributed by atoms with Crippen molar-refractivity contribution < 1.29 is 23.7 Å². The number of benzene rings is 1. The predicted octanol–water partition coefficient (Wildman–Crippen LogP) is 3.33. The van der Waals surface area contributed by atoms with E-state index in [-0.39, 0.29) is 0 Å². The van der Waals surface area contributed by atoms with Gasteiger partial charge in [0.25, 0.3) is 0 Å². The lowest BCUT2D eigenvalue weighted by Crippen LogP contribution is -2.34. The van der Waals surface area contributed by atoms with Crippen molar-refractivity contribution in [2.45, 2.75) is 33.0 Å². The first-order valence-electron chi connectivity index (χ1n) is 9.23. The van der Waals surface area contributed by atoms with Crippen LogP contribution in [0.2, 0.25) is 0 Å². The van der Waals surface area contributed by atoms with Gasteiger partial charge in [0.1, 0.15) is 5.76 Å². The molecule has 2 rings (SSSR count). The molecule has 0 fully saturated rings. The highest BCUT2D eigenvalue weighted by Gasteiger charge is 2.18. The van der Waals surface area contributed by atoms with Gasteiger partial charge >= 0.3 is 0 Å². The zero-order valence-corrected chi connectivity index (χ0v) is 16.7. The average molecular weight is 377 g/mol. The second kappa shape index (κ2) is 11.0. The fraction of sp³-hybridized carbons (Fsp3) is 0.524. The number of aliphatic hydroxyl groups excluding tert-OH is 1. The minimum atomic E-state index is -0.588. The molecule has 150 valence electrons. The second-order valence-corrected chi connectivity index (χ2v) is 6.99. The van der Waals surface area contributed by atoms with Gasteiger partial charge in [-0.05, 0) is 24.1 Å². The second-order valence-electron chi connectivity index (χ2n) is 6.99. The maximum atomic E-state index is 10.4. The molecule has 0 saturated carbocycles. The van der Waals surface area contributed by atoms with Crippen LogP contribution in [0.1, 0.15) is 25.2 Å². The molecular weight excluding hydrogens is 346 g/mol. The normalized spacial score (nSPS) is 12.6. The molecule has 1 heterocycles. The molecule has 27 heavy (non-hydrogen) atoms. The molecule has 1 aromatic heterocycles. The van der Waals surface area contributed by atoms with Gasteiger partial charge in [-0.15, -0.1) is 0 Å². The van der Waals surface area contributed by atoms with Gasteiger partial charge in [0.05, 0.1) is 39.7 Å². The lowest BCUT2D eigenvalue weighted by molar-refractivity contribution is 0.00449. The van der Waals surface area contributed by atoms with Crippen LogP contribution in [0.15, 0.2) is 41.0 Å². The number of para-hydroxylation sites is 1. The Hall–Kier alpha value is -2.02. The van der Waals surface area contributed by atoms with Gasteiger partial charge in [-0.2, -0.15) is 0 Å². The molecule has 0 saturated heterocycles. The SMILES string of the molecule is COc1cccc(CN(Cc2ccco2)CC(O)COCC(C)C)c1OC. The van der Waals surface area contributed by atoms with Gasteiger partial charge in [-0.3, -0.25) is 4.90 Å². The Morgan fingerprint density at radius 2 is 1.85 bits per heavy atom. The third-order valence-corrected chi connectivity index (χ3v) is 4.07. The van der Waals surface area contributed by atoms with Gasteiger partial charge in [0, 0.05) is 25.3 Å². The Labute approximate surface area is 161 Å². The molecule has 0 aliphatic rings. The topological polar surface area (TPSA) is 64.3 Å². The van der Waals surface area contributed by atoms with Gasteiger partial charge in [-0.25, -0.2) is 0 Å². The first-order valence-corrected chi connectivity index (χ1v) is 9.23. The summed E-state index contributed by atoms with van der Waals surface area (Å²) in [7, 11) is 3.25. The van der Waals surface area contributed by atoms with Crippen molar-refractivity contribution in [3.05, 3.63) is 47.9 Å². The summed E-state index contributed by atoms with van der Waals surface area (Å²) >= 11 is 0. The Balaban J connectivity index is 2.08. The number of methoxy groups -OCH3 is 2. The van der Waals surface area contributed by atoms with Crippen molar-refractivity contribution in [1.29, 1.82) is 0 Å². The van der Waals surface area contributed by atoms with Gasteiger partial charge < -0.3 is 23.7 Å². The highest BCUT2D eigenvalue weighted by molar-refractivity contribution is 5.46. The minimum absolute atomic E-state index is 0.308. The van der Waals surface area contributed by atoms with Crippen LogP contribution < -0.4 is 9.47 Å². The van der Waals surface area contributed by atoms with Crippen LogP contribution in [0.4, 0.5) is 0 Å². The molecular formula is C21H31NO5. The Morgan fingerprint density at radius 3 is 2.48 bits per heavy atom. The fourth-order valence-corrected chi connectivity index (χ4v) is 2.92. The maximum absolute atomic E-state index is 10.4. The van der Waals surface area contributed by atoms with Gasteiger partial charge in [0.15, 0.2) is 11.5 Å². The first-order chi connectivity index (χ1) is 13.0. The lowest BCUT2D eigenvalue weighted by Gasteiger charge is -2.25. The summed E-state index contributed by atoms with van der Waals surface area (Å²) in [6.07, 6.45) is 1.07. The highest BCUT2D eigenvalue weighted by Crippen LogP contribution is 2.31. The Bertz CT molecular complexity index is 657. The molecule has 2 aromatic rings. The summed E-state index contributed by atoms with van der Waals surface area (Å²) in [5.41, 5.74) is 0.985. The van der Waals surface area contributed by atoms with E-state index >= 15 is 0 Å². The van der Waals surface area contributed by atoms with E-state index in [0.717, 1.165) is 11.3 Å². The highest BCUT2D eigenvalue weighted by atomic mass is 16.5. The zero-order valence-electron chi connectivity index (χ0n) is 16.7. The summed E-state index contributed by atoms with van der Waals surface area (Å²) in [6, 6.07) is 9.59. The standard InChI is InChI=1S/C21H31NO5/c1-16(2)14-26-15-18(23)12-22(13-19-8-6-10-27-19)11-17-7-5-9-20(24-3)21(17)25-4/h5-10,16,18,23H,11-15H2,1-4H3. The first kappa shape index (κ1) is 21.3. The van der Waals surface area contributed by atoms with Gasteiger partial charge in [-0.1, -0.05) is 26.0 Å². The van der Waals surface area contributed by atoms with E-state index in [2.05, 4.69) is 18.7 Å². The fourth-order valence-electron chi connectivity index (χ4n) is 2.92. The zero-order chi connectivity index (χ0) is 19.6. The van der Waals surface area contributed by atoms with Crippen molar-refractivity contribution >= 4 is 0 Å². The monoisotopic (exact) mass is 377 g/mol. The summed E-state index contributed by atoms with van der Waals surface area (Å²) in [6.45, 7) is 6.74. The third-order valence-electron chi connectivity index (χ3n) is 4.07. The molecule has 1 N–H and O–H groups in total. The number of ether oxygens (including phenoxy) is 3. The number of rotatable bonds is 12. The summed E-state index contributed by atoms with van der Waals surface area (Å²) < 4.78 is 22.0. The van der Waals surface area contributed by atoms with E-state index in [1.54, 1.807) is 20.5 Å². The average Bonchev–Trinajstić information content (AvgIpc) is 3.14. The molecule has 0 spiro atoms. The van der Waals surface area contributed by atoms with Crippen LogP contribution in [-0.2, 0) is 17.8 Å². The van der Waals surface area contributed by atoms with E-state index in [1.165, 1.54) is 0 Å². The third kappa shape index (κ3) is 6.90. The minimum Gasteiger partial charge on any atom is -0.493 e. The van der Waals surface area contributed by atoms with Crippen molar-refractivity contribution in [3.8, 4) is 11.5 Å². The van der Waals surface area contributed by atoms with Crippen molar-refractivity contribution in [2.24, 2.45) is 5.92 Å². The van der Waals surface area contributed by atoms with Gasteiger partial charge in [0.2, 0.25) is 0 Å². The van der Waals surface area contributed by atoms with Crippen LogP contribution in [-0.4, -0.2) is 50.1 Å². The Morgan fingerprint density at radius 1 is 1.04 bits per heavy atom. The van der Waals surface area contributed by atoms with E-state index in [1.807, 2.05) is 30.3 Å². The quantitative estimate of drug-likeness (QED) is 0.612. The molecule has 6 nitrogen and oxygen atoms in total. The van der Waals surface area contributed by atoms with Crippen LogP contribution in [0.25, 0.3) is 0 Å². The largest absolute Gasteiger partial charge is 0.493 e. The van der Waals surface area contributed by atoms with Crippen molar-refractivity contribution in [1.82, 2.24) is 4.90 Å². The van der Waals surface area contributed by atoms with Crippen LogP contribution in [0.3, 0.4) is 0 Å². The molecule has 0 radical (unpaired) electrons. The lowest BCUT2D eigenvalue weighted by atomic mass is 10.1. The molecule has 0 bridgehead atoms. The number of hydrogen-bond donors (Lipinski definition) is 1. The van der Waals surface area contributed by atoms with E-state index in [9.17, 15) is 5.11 Å². The maximum Gasteiger partial charge on any atom is 0.165 e. The van der Waals surface area contributed by atoms with E-state index in [0.29, 0.717) is 50.3 Å². The van der Waals surface area contributed by atoms with Crippen molar-refractivity contribution in [2.75, 3.05) is 34.0 Å². The smallest absolute Gasteiger partial charge is 0.165 e. The number of furan rings is 1. The summed E-state index contributed by atoms with van der Waals surface area (Å²) in [5, 5.41) is 10.4. The number of aliphatic hydroxyl groups is 1. The molecule has 0 aliphatic carbocycles. The molecule has 0 aliphatic heterocycles.